The topological polar surface area (TPSA) is 45.1 Å². The van der Waals surface area contributed by atoms with E-state index in [1.807, 2.05) is 24.3 Å². The van der Waals surface area contributed by atoms with Crippen LogP contribution in [-0.2, 0) is 10.3 Å². The van der Waals surface area contributed by atoms with Crippen molar-refractivity contribution in [3.8, 4) is 0 Å². The summed E-state index contributed by atoms with van der Waals surface area (Å²) in [5, 5.41) is 11.1. The minimum Gasteiger partial charge on any atom is -0.475 e. The van der Waals surface area contributed by atoms with Gasteiger partial charge in [-0.1, -0.05) is 18.2 Å². The van der Waals surface area contributed by atoms with Crippen LogP contribution in [-0.4, -0.2) is 48.2 Å². The number of aliphatic imine (C=N–C) groups is 1. The Bertz CT molecular complexity index is 558. The largest absolute Gasteiger partial charge is 0.475 e. The molecule has 0 unspecified atom stereocenters. The fourth-order valence-corrected chi connectivity index (χ4v) is 3.06. The molecule has 1 aromatic rings. The van der Waals surface area contributed by atoms with E-state index in [2.05, 4.69) is 30.8 Å². The molecule has 2 heterocycles. The summed E-state index contributed by atoms with van der Waals surface area (Å²) in [4.78, 5) is 6.92. The van der Waals surface area contributed by atoms with Crippen LogP contribution in [0, 0.1) is 0 Å². The summed E-state index contributed by atoms with van der Waals surface area (Å²) in [6.45, 7) is 6.53. The van der Waals surface area contributed by atoms with Crippen LogP contribution < -0.4 is 0 Å². The van der Waals surface area contributed by atoms with Crippen LogP contribution in [0.3, 0.4) is 0 Å². The second kappa shape index (κ2) is 5.11. The Morgan fingerprint density at radius 3 is 2.48 bits per heavy atom. The van der Waals surface area contributed by atoms with E-state index in [-0.39, 0.29) is 5.54 Å². The van der Waals surface area contributed by atoms with Gasteiger partial charge in [0.2, 0.25) is 5.90 Å². The second-order valence-electron chi connectivity index (χ2n) is 6.90. The van der Waals surface area contributed by atoms with E-state index in [0.717, 1.165) is 37.1 Å². The highest BCUT2D eigenvalue weighted by Crippen LogP contribution is 2.36. The monoisotopic (exact) mass is 288 g/mol. The SMILES string of the molecule is CN1CCC(O)(c2ccccc2C2=NC(C)(C)CO2)CC1. The van der Waals surface area contributed by atoms with Crippen LogP contribution in [0.1, 0.15) is 37.8 Å². The first kappa shape index (κ1) is 14.5. The van der Waals surface area contributed by atoms with Gasteiger partial charge in [0.15, 0.2) is 0 Å². The van der Waals surface area contributed by atoms with Gasteiger partial charge in [-0.15, -0.1) is 0 Å². The van der Waals surface area contributed by atoms with Crippen molar-refractivity contribution < 1.29 is 9.84 Å². The zero-order valence-corrected chi connectivity index (χ0v) is 13.1. The summed E-state index contributed by atoms with van der Waals surface area (Å²) in [5.41, 5.74) is 0.934. The first-order valence-electron chi connectivity index (χ1n) is 7.63. The molecule has 2 aliphatic rings. The van der Waals surface area contributed by atoms with Gasteiger partial charge >= 0.3 is 0 Å². The average molecular weight is 288 g/mol. The standard InChI is InChI=1S/C17H24N2O2/c1-16(2)12-21-15(18-16)13-6-4-5-7-14(13)17(20)8-10-19(3)11-9-17/h4-7,20H,8-12H2,1-3H3. The maximum absolute atomic E-state index is 11.1. The fraction of sp³-hybridized carbons (Fsp3) is 0.588. The second-order valence-corrected chi connectivity index (χ2v) is 6.90. The third kappa shape index (κ3) is 2.83. The highest BCUT2D eigenvalue weighted by molar-refractivity contribution is 5.97. The summed E-state index contributed by atoms with van der Waals surface area (Å²) < 4.78 is 5.78. The molecule has 3 rings (SSSR count). The van der Waals surface area contributed by atoms with E-state index in [1.165, 1.54) is 0 Å². The Morgan fingerprint density at radius 2 is 1.86 bits per heavy atom. The molecule has 0 radical (unpaired) electrons. The highest BCUT2D eigenvalue weighted by atomic mass is 16.5. The molecule has 1 saturated heterocycles. The summed E-state index contributed by atoms with van der Waals surface area (Å²) in [5.74, 6) is 0.669. The van der Waals surface area contributed by atoms with Gasteiger partial charge in [-0.3, -0.25) is 0 Å². The number of likely N-dealkylation sites (tertiary alicyclic amines) is 1. The molecule has 4 nitrogen and oxygen atoms in total. The van der Waals surface area contributed by atoms with Crippen molar-refractivity contribution in [2.45, 2.75) is 37.8 Å². The van der Waals surface area contributed by atoms with Crippen molar-refractivity contribution in [2.75, 3.05) is 26.7 Å². The third-order valence-corrected chi connectivity index (χ3v) is 4.44. The summed E-state index contributed by atoms with van der Waals surface area (Å²) in [6, 6.07) is 7.98. The number of piperidine rings is 1. The van der Waals surface area contributed by atoms with Crippen molar-refractivity contribution in [1.29, 1.82) is 0 Å². The van der Waals surface area contributed by atoms with E-state index >= 15 is 0 Å². The molecule has 1 aromatic carbocycles. The number of aliphatic hydroxyl groups is 1. The number of hydrogen-bond acceptors (Lipinski definition) is 4. The van der Waals surface area contributed by atoms with Crippen LogP contribution in [0.2, 0.25) is 0 Å². The van der Waals surface area contributed by atoms with Crippen molar-refractivity contribution in [2.24, 2.45) is 4.99 Å². The van der Waals surface area contributed by atoms with E-state index in [9.17, 15) is 5.11 Å². The molecule has 0 saturated carbocycles. The number of ether oxygens (including phenoxy) is 1. The van der Waals surface area contributed by atoms with E-state index in [0.29, 0.717) is 12.5 Å². The van der Waals surface area contributed by atoms with Gasteiger partial charge in [0.25, 0.3) is 0 Å². The summed E-state index contributed by atoms with van der Waals surface area (Å²) in [6.07, 6.45) is 1.49. The molecule has 0 aromatic heterocycles. The van der Waals surface area contributed by atoms with Gasteiger partial charge in [-0.2, -0.15) is 0 Å². The molecule has 114 valence electrons. The quantitative estimate of drug-likeness (QED) is 0.907. The molecule has 2 aliphatic heterocycles. The van der Waals surface area contributed by atoms with E-state index < -0.39 is 5.60 Å². The Balaban J connectivity index is 1.97. The smallest absolute Gasteiger partial charge is 0.217 e. The van der Waals surface area contributed by atoms with Crippen molar-refractivity contribution in [3.63, 3.8) is 0 Å². The number of nitrogens with zero attached hydrogens (tertiary/aromatic N) is 2. The van der Waals surface area contributed by atoms with Crippen LogP contribution >= 0.6 is 0 Å². The zero-order chi connectivity index (χ0) is 15.1. The third-order valence-electron chi connectivity index (χ3n) is 4.44. The molecule has 0 spiro atoms. The van der Waals surface area contributed by atoms with Gasteiger partial charge in [-0.25, -0.2) is 4.99 Å². The van der Waals surface area contributed by atoms with Gasteiger partial charge in [0.1, 0.15) is 6.61 Å². The Kier molecular flexibility index (Phi) is 3.54. The van der Waals surface area contributed by atoms with Crippen LogP contribution in [0.25, 0.3) is 0 Å². The normalized spacial score (nSPS) is 24.5. The predicted octanol–water partition coefficient (Wildman–Crippen LogP) is 2.16. The minimum atomic E-state index is -0.776. The number of hydrogen-bond donors (Lipinski definition) is 1. The van der Waals surface area contributed by atoms with Crippen LogP contribution in [0.4, 0.5) is 0 Å². The molecule has 4 heteroatoms. The van der Waals surface area contributed by atoms with Gasteiger partial charge in [0.05, 0.1) is 11.1 Å². The first-order chi connectivity index (χ1) is 9.90. The van der Waals surface area contributed by atoms with Crippen molar-refractivity contribution in [1.82, 2.24) is 4.90 Å². The fourth-order valence-electron chi connectivity index (χ4n) is 3.06. The van der Waals surface area contributed by atoms with Crippen molar-refractivity contribution >= 4 is 5.90 Å². The van der Waals surface area contributed by atoms with Crippen LogP contribution in [0.5, 0.6) is 0 Å². The van der Waals surface area contributed by atoms with Gasteiger partial charge in [0, 0.05) is 18.7 Å². The zero-order valence-electron chi connectivity index (χ0n) is 13.1. The van der Waals surface area contributed by atoms with Crippen molar-refractivity contribution in [3.05, 3.63) is 35.4 Å². The molecule has 0 aliphatic carbocycles. The Hall–Kier alpha value is -1.39. The van der Waals surface area contributed by atoms with E-state index in [1.54, 1.807) is 0 Å². The molecule has 21 heavy (non-hydrogen) atoms. The predicted molar refractivity (Wildman–Crippen MR) is 83.6 cm³/mol. The molecule has 0 atom stereocenters. The Labute approximate surface area is 126 Å². The lowest BCUT2D eigenvalue weighted by Crippen LogP contribution is -2.41. The Morgan fingerprint density at radius 1 is 1.19 bits per heavy atom. The molecule has 1 fully saturated rings. The van der Waals surface area contributed by atoms with Gasteiger partial charge in [-0.05, 0) is 45.4 Å². The maximum Gasteiger partial charge on any atom is 0.217 e. The first-order valence-corrected chi connectivity index (χ1v) is 7.63. The minimum absolute atomic E-state index is 0.183. The van der Waals surface area contributed by atoms with Gasteiger partial charge < -0.3 is 14.7 Å². The highest BCUT2D eigenvalue weighted by Gasteiger charge is 2.37. The lowest BCUT2D eigenvalue weighted by atomic mass is 9.82. The summed E-state index contributed by atoms with van der Waals surface area (Å²) in [7, 11) is 2.10. The number of rotatable bonds is 2. The van der Waals surface area contributed by atoms with E-state index in [4.69, 9.17) is 4.74 Å². The average Bonchev–Trinajstić information content (AvgIpc) is 2.83. The van der Waals surface area contributed by atoms with Crippen LogP contribution in [0.15, 0.2) is 29.3 Å². The molecular weight excluding hydrogens is 264 g/mol. The molecule has 1 N–H and O–H groups in total. The summed E-state index contributed by atoms with van der Waals surface area (Å²) >= 11 is 0. The molecule has 0 bridgehead atoms. The molecule has 0 amide bonds. The maximum atomic E-state index is 11.1. The lowest BCUT2D eigenvalue weighted by molar-refractivity contribution is -0.0205. The molecular formula is C17H24N2O2. The number of benzene rings is 1. The lowest BCUT2D eigenvalue weighted by Gasteiger charge is -2.37.